The standard InChI is InChI=1S/C15H11ClN6O.C10H8N6O3/c16-10-4-1-3-9(7-10)8-22-14-13(20-21-22)12(18-15(17)19-14)11-5-2-6-23-11;11-10-12-7(5-2-1-3-19-5)8-9(13-10)16(15-14-8)4-6(17)18/h1-7H,8H2,(H2,17,18,19);1-3H,4H2,(H,17,18)(H2,11,12,13). The first-order valence-electron chi connectivity index (χ1n) is 12.1. The minimum Gasteiger partial charge on any atom is -0.480 e. The molecule has 0 saturated carbocycles. The third kappa shape index (κ3) is 5.28. The van der Waals surface area contributed by atoms with E-state index < -0.39 is 5.97 Å². The quantitative estimate of drug-likeness (QED) is 0.254. The Morgan fingerprint density at radius 3 is 1.90 bits per heavy atom. The molecule has 0 fully saturated rings. The number of carboxylic acids is 1. The molecule has 17 heteroatoms. The maximum atomic E-state index is 10.7. The lowest BCUT2D eigenvalue weighted by Gasteiger charge is -2.04. The molecule has 210 valence electrons. The molecule has 1 aromatic carbocycles. The molecule has 0 unspecified atom stereocenters. The number of hydrogen-bond acceptors (Lipinski definition) is 13. The molecule has 7 aromatic rings. The Hall–Kier alpha value is -5.90. The molecule has 0 radical (unpaired) electrons. The van der Waals surface area contributed by atoms with Crippen molar-refractivity contribution < 1.29 is 18.7 Å². The summed E-state index contributed by atoms with van der Waals surface area (Å²) in [6, 6.07) is 14.5. The van der Waals surface area contributed by atoms with Gasteiger partial charge in [-0.1, -0.05) is 34.2 Å². The Morgan fingerprint density at radius 1 is 0.810 bits per heavy atom. The van der Waals surface area contributed by atoms with E-state index in [2.05, 4.69) is 40.6 Å². The number of halogens is 1. The number of aliphatic carboxylic acids is 1. The summed E-state index contributed by atoms with van der Waals surface area (Å²) in [5, 5.41) is 25.4. The van der Waals surface area contributed by atoms with Crippen LogP contribution in [-0.2, 0) is 17.9 Å². The fraction of sp³-hybridized carbons (Fsp3) is 0.0800. The first-order valence-corrected chi connectivity index (χ1v) is 12.5. The number of nitrogens with two attached hydrogens (primary N) is 2. The van der Waals surface area contributed by atoms with Gasteiger partial charge < -0.3 is 25.4 Å². The smallest absolute Gasteiger partial charge is 0.325 e. The molecule has 0 bridgehead atoms. The molecule has 16 nitrogen and oxygen atoms in total. The summed E-state index contributed by atoms with van der Waals surface area (Å²) in [5.74, 6) is 0.107. The summed E-state index contributed by atoms with van der Waals surface area (Å²) in [6.45, 7) is 0.121. The average Bonchev–Trinajstić information content (AvgIpc) is 3.77. The molecule has 0 aliphatic carbocycles. The van der Waals surface area contributed by atoms with Gasteiger partial charge in [0, 0.05) is 5.02 Å². The van der Waals surface area contributed by atoms with Crippen LogP contribution < -0.4 is 11.5 Å². The Kier molecular flexibility index (Phi) is 6.85. The maximum Gasteiger partial charge on any atom is 0.325 e. The van der Waals surface area contributed by atoms with Crippen molar-refractivity contribution in [2.24, 2.45) is 0 Å². The maximum absolute atomic E-state index is 10.7. The van der Waals surface area contributed by atoms with Crippen LogP contribution >= 0.6 is 11.6 Å². The van der Waals surface area contributed by atoms with E-state index in [0.717, 1.165) is 10.2 Å². The van der Waals surface area contributed by atoms with Gasteiger partial charge in [-0.15, -0.1) is 10.2 Å². The van der Waals surface area contributed by atoms with Gasteiger partial charge in [-0.05, 0) is 42.0 Å². The Morgan fingerprint density at radius 2 is 1.38 bits per heavy atom. The molecule has 42 heavy (non-hydrogen) atoms. The molecule has 0 spiro atoms. The third-order valence-corrected chi connectivity index (χ3v) is 6.01. The number of rotatable bonds is 6. The lowest BCUT2D eigenvalue weighted by atomic mass is 10.2. The zero-order chi connectivity index (χ0) is 29.2. The summed E-state index contributed by atoms with van der Waals surface area (Å²) in [7, 11) is 0. The van der Waals surface area contributed by atoms with Gasteiger partial charge in [0.05, 0.1) is 19.1 Å². The van der Waals surface area contributed by atoms with Crippen LogP contribution in [0.3, 0.4) is 0 Å². The van der Waals surface area contributed by atoms with Crippen LogP contribution in [-0.4, -0.2) is 61.0 Å². The Labute approximate surface area is 239 Å². The molecule has 0 atom stereocenters. The number of furan rings is 2. The van der Waals surface area contributed by atoms with Crippen LogP contribution in [0.25, 0.3) is 45.2 Å². The van der Waals surface area contributed by atoms with E-state index >= 15 is 0 Å². The zero-order valence-corrected chi connectivity index (χ0v) is 22.1. The van der Waals surface area contributed by atoms with Gasteiger partial charge in [-0.25, -0.2) is 19.3 Å². The van der Waals surface area contributed by atoms with Crippen LogP contribution in [0.5, 0.6) is 0 Å². The summed E-state index contributed by atoms with van der Waals surface area (Å²) in [6.07, 6.45) is 3.05. The first-order chi connectivity index (χ1) is 20.4. The highest BCUT2D eigenvalue weighted by molar-refractivity contribution is 6.30. The number of benzene rings is 1. The van der Waals surface area contributed by atoms with E-state index in [-0.39, 0.29) is 24.1 Å². The normalized spacial score (nSPS) is 11.1. The fourth-order valence-corrected chi connectivity index (χ4v) is 4.28. The Bertz CT molecular complexity index is 2020. The van der Waals surface area contributed by atoms with Crippen molar-refractivity contribution >= 4 is 51.8 Å². The Balaban J connectivity index is 0.000000153. The van der Waals surface area contributed by atoms with Crippen molar-refractivity contribution in [3.63, 3.8) is 0 Å². The third-order valence-electron chi connectivity index (χ3n) is 5.78. The molecule has 5 N–H and O–H groups in total. The zero-order valence-electron chi connectivity index (χ0n) is 21.4. The van der Waals surface area contributed by atoms with Crippen LogP contribution in [0.4, 0.5) is 11.9 Å². The molecule has 0 saturated heterocycles. The van der Waals surface area contributed by atoms with Crippen molar-refractivity contribution in [2.45, 2.75) is 13.1 Å². The van der Waals surface area contributed by atoms with Crippen LogP contribution in [0.2, 0.25) is 5.02 Å². The predicted octanol–water partition coefficient (Wildman–Crippen LogP) is 2.91. The SMILES string of the molecule is Nc1nc(-c2ccco2)c2nnn(CC(=O)O)c2n1.Nc1nc(-c2ccco2)c2nnn(Cc3cccc(Cl)c3)c2n1. The number of hydrogen-bond donors (Lipinski definition) is 3. The second-order valence-corrected chi connectivity index (χ2v) is 9.11. The minimum atomic E-state index is -1.05. The number of nitrogen functional groups attached to an aromatic ring is 2. The highest BCUT2D eigenvalue weighted by Gasteiger charge is 2.19. The van der Waals surface area contributed by atoms with Crippen molar-refractivity contribution in [1.82, 2.24) is 49.9 Å². The van der Waals surface area contributed by atoms with Gasteiger partial charge in [-0.2, -0.15) is 9.97 Å². The second-order valence-electron chi connectivity index (χ2n) is 8.68. The monoisotopic (exact) mass is 586 g/mol. The van der Waals surface area contributed by atoms with Crippen molar-refractivity contribution in [2.75, 3.05) is 11.5 Å². The molecular formula is C25H19ClN12O4. The molecule has 7 rings (SSSR count). The van der Waals surface area contributed by atoms with Gasteiger partial charge in [0.25, 0.3) is 0 Å². The predicted molar refractivity (Wildman–Crippen MR) is 149 cm³/mol. The first kappa shape index (κ1) is 26.3. The molecule has 0 amide bonds. The van der Waals surface area contributed by atoms with Crippen LogP contribution in [0.15, 0.2) is 69.9 Å². The van der Waals surface area contributed by atoms with Crippen molar-refractivity contribution in [1.29, 1.82) is 0 Å². The molecule has 0 aliphatic rings. The van der Waals surface area contributed by atoms with Gasteiger partial charge in [0.1, 0.15) is 17.9 Å². The lowest BCUT2D eigenvalue weighted by Crippen LogP contribution is -2.11. The van der Waals surface area contributed by atoms with Gasteiger partial charge in [-0.3, -0.25) is 4.79 Å². The number of nitrogens with zero attached hydrogens (tertiary/aromatic N) is 10. The summed E-state index contributed by atoms with van der Waals surface area (Å²) in [5.41, 5.74) is 15.0. The molecule has 6 aromatic heterocycles. The summed E-state index contributed by atoms with van der Waals surface area (Å²) >= 11 is 6.02. The fourth-order valence-electron chi connectivity index (χ4n) is 4.07. The van der Waals surface area contributed by atoms with Crippen molar-refractivity contribution in [3.8, 4) is 22.9 Å². The van der Waals surface area contributed by atoms with E-state index in [1.165, 1.54) is 6.26 Å². The number of fused-ring (bicyclic) bond motifs is 2. The highest BCUT2D eigenvalue weighted by Crippen LogP contribution is 2.27. The summed E-state index contributed by atoms with van der Waals surface area (Å²) < 4.78 is 13.4. The number of anilines is 2. The van der Waals surface area contributed by atoms with E-state index in [1.54, 1.807) is 35.2 Å². The van der Waals surface area contributed by atoms with Gasteiger partial charge in [0.15, 0.2) is 33.8 Å². The van der Waals surface area contributed by atoms with E-state index in [0.29, 0.717) is 51.2 Å². The van der Waals surface area contributed by atoms with Crippen LogP contribution in [0.1, 0.15) is 5.56 Å². The summed E-state index contributed by atoms with van der Waals surface area (Å²) in [4.78, 5) is 27.2. The number of carboxylic acid groups (broad SMARTS) is 1. The molecular weight excluding hydrogens is 568 g/mol. The largest absolute Gasteiger partial charge is 0.480 e. The van der Waals surface area contributed by atoms with Gasteiger partial charge >= 0.3 is 5.97 Å². The van der Waals surface area contributed by atoms with Gasteiger partial charge in [0.2, 0.25) is 11.9 Å². The molecule has 6 heterocycles. The van der Waals surface area contributed by atoms with Crippen LogP contribution in [0, 0.1) is 0 Å². The van der Waals surface area contributed by atoms with E-state index in [1.807, 2.05) is 24.3 Å². The number of aromatic nitrogens is 10. The van der Waals surface area contributed by atoms with Crippen molar-refractivity contribution in [3.05, 3.63) is 71.6 Å². The minimum absolute atomic E-state index is 0.00663. The van der Waals surface area contributed by atoms with E-state index in [4.69, 9.17) is 37.0 Å². The highest BCUT2D eigenvalue weighted by atomic mass is 35.5. The average molecular weight is 587 g/mol. The second kappa shape index (κ2) is 10.9. The lowest BCUT2D eigenvalue weighted by molar-refractivity contribution is -0.137. The molecule has 0 aliphatic heterocycles. The topological polar surface area (TPSA) is 229 Å². The number of carbonyl (C=O) groups is 1. The van der Waals surface area contributed by atoms with E-state index in [9.17, 15) is 4.79 Å².